The van der Waals surface area contributed by atoms with Crippen molar-refractivity contribution in [3.8, 4) is 0 Å². The Balaban J connectivity index is 2.69. The largest absolute Gasteiger partial charge is 0.396 e. The Labute approximate surface area is 87.3 Å². The van der Waals surface area contributed by atoms with Crippen molar-refractivity contribution < 1.29 is 9.90 Å². The van der Waals surface area contributed by atoms with Gasteiger partial charge in [0.1, 0.15) is 0 Å². The lowest BCUT2D eigenvalue weighted by Crippen LogP contribution is -2.13. The van der Waals surface area contributed by atoms with Crippen molar-refractivity contribution in [2.24, 2.45) is 5.73 Å². The first-order valence-corrected chi connectivity index (χ1v) is 5.47. The topological polar surface area (TPSA) is 63.3 Å². The van der Waals surface area contributed by atoms with Crippen LogP contribution in [0.1, 0.15) is 15.9 Å². The number of aliphatic hydroxyl groups excluding tert-OH is 1. The molecule has 0 saturated heterocycles. The lowest BCUT2D eigenvalue weighted by molar-refractivity contribution is 0.0999. The van der Waals surface area contributed by atoms with E-state index >= 15 is 0 Å². The third kappa shape index (κ3) is 3.05. The van der Waals surface area contributed by atoms with Gasteiger partial charge in [0.2, 0.25) is 5.91 Å². The fourth-order valence-electron chi connectivity index (χ4n) is 1.13. The van der Waals surface area contributed by atoms with Gasteiger partial charge < -0.3 is 10.8 Å². The Hall–Kier alpha value is -1.00. The molecule has 1 amide bonds. The van der Waals surface area contributed by atoms with Gasteiger partial charge in [-0.15, -0.1) is 0 Å². The number of primary amides is 1. The molecular formula is C10H13NO2S. The summed E-state index contributed by atoms with van der Waals surface area (Å²) < 4.78 is 0. The van der Waals surface area contributed by atoms with E-state index in [2.05, 4.69) is 0 Å². The molecule has 0 unspecified atom stereocenters. The second-order valence-electron chi connectivity index (χ2n) is 2.80. The molecule has 4 heteroatoms. The van der Waals surface area contributed by atoms with Crippen LogP contribution in [-0.2, 0) is 5.75 Å². The van der Waals surface area contributed by atoms with Crippen LogP contribution in [0.15, 0.2) is 24.3 Å². The second-order valence-corrected chi connectivity index (χ2v) is 3.90. The van der Waals surface area contributed by atoms with Crippen LogP contribution in [0, 0.1) is 0 Å². The first-order chi connectivity index (χ1) is 6.75. The number of thioether (sulfide) groups is 1. The number of rotatable bonds is 5. The highest BCUT2D eigenvalue weighted by Crippen LogP contribution is 2.15. The smallest absolute Gasteiger partial charge is 0.249 e. The van der Waals surface area contributed by atoms with Crippen LogP contribution in [0.3, 0.4) is 0 Å². The molecule has 0 radical (unpaired) electrons. The number of aliphatic hydroxyl groups is 1. The van der Waals surface area contributed by atoms with Gasteiger partial charge in [-0.25, -0.2) is 0 Å². The summed E-state index contributed by atoms with van der Waals surface area (Å²) >= 11 is 1.58. The normalized spacial score (nSPS) is 10.1. The number of carbonyl (C=O) groups is 1. The monoisotopic (exact) mass is 211 g/mol. The van der Waals surface area contributed by atoms with Gasteiger partial charge in [-0.05, 0) is 11.6 Å². The van der Waals surface area contributed by atoms with Crippen molar-refractivity contribution in [3.63, 3.8) is 0 Å². The molecule has 0 aliphatic carbocycles. The molecule has 14 heavy (non-hydrogen) atoms. The van der Waals surface area contributed by atoms with Crippen LogP contribution in [0.4, 0.5) is 0 Å². The third-order valence-corrected chi connectivity index (χ3v) is 2.76. The van der Waals surface area contributed by atoms with E-state index < -0.39 is 5.91 Å². The number of nitrogens with two attached hydrogens (primary N) is 1. The molecule has 0 atom stereocenters. The Morgan fingerprint density at radius 2 is 2.14 bits per heavy atom. The summed E-state index contributed by atoms with van der Waals surface area (Å²) in [7, 11) is 0. The molecule has 3 nitrogen and oxygen atoms in total. The highest BCUT2D eigenvalue weighted by Gasteiger charge is 2.05. The standard InChI is InChI=1S/C10H13NO2S/c11-10(13)9-4-2-1-3-8(9)7-14-6-5-12/h1-4,12H,5-7H2,(H2,11,13). The summed E-state index contributed by atoms with van der Waals surface area (Å²) in [4.78, 5) is 11.0. The molecule has 76 valence electrons. The Morgan fingerprint density at radius 1 is 1.43 bits per heavy atom. The maximum absolute atomic E-state index is 11.0. The number of hydrogen-bond acceptors (Lipinski definition) is 3. The van der Waals surface area contributed by atoms with Crippen molar-refractivity contribution >= 4 is 17.7 Å². The number of amides is 1. The summed E-state index contributed by atoms with van der Waals surface area (Å²) in [6.45, 7) is 0.156. The van der Waals surface area contributed by atoms with Gasteiger partial charge in [-0.3, -0.25) is 4.79 Å². The van der Waals surface area contributed by atoms with Crippen LogP contribution in [0.5, 0.6) is 0 Å². The van der Waals surface area contributed by atoms with Gasteiger partial charge in [0.15, 0.2) is 0 Å². The summed E-state index contributed by atoms with van der Waals surface area (Å²) in [6, 6.07) is 7.27. The van der Waals surface area contributed by atoms with E-state index in [1.807, 2.05) is 12.1 Å². The predicted molar refractivity (Wildman–Crippen MR) is 58.2 cm³/mol. The molecular weight excluding hydrogens is 198 g/mol. The lowest BCUT2D eigenvalue weighted by atomic mass is 10.1. The van der Waals surface area contributed by atoms with Crippen LogP contribution >= 0.6 is 11.8 Å². The van der Waals surface area contributed by atoms with Crippen molar-refractivity contribution in [3.05, 3.63) is 35.4 Å². The van der Waals surface area contributed by atoms with E-state index in [0.29, 0.717) is 17.1 Å². The van der Waals surface area contributed by atoms with Crippen LogP contribution in [-0.4, -0.2) is 23.4 Å². The Kier molecular flexibility index (Phi) is 4.49. The van der Waals surface area contributed by atoms with E-state index in [0.717, 1.165) is 5.56 Å². The molecule has 1 aromatic carbocycles. The maximum atomic E-state index is 11.0. The molecule has 3 N–H and O–H groups in total. The third-order valence-electron chi connectivity index (χ3n) is 1.78. The molecule has 1 aromatic rings. The first kappa shape index (κ1) is 11.1. The molecule has 0 aliphatic rings. The zero-order valence-corrected chi connectivity index (χ0v) is 8.59. The quantitative estimate of drug-likeness (QED) is 0.714. The van der Waals surface area contributed by atoms with E-state index in [-0.39, 0.29) is 6.61 Å². The van der Waals surface area contributed by atoms with Crippen LogP contribution < -0.4 is 5.73 Å². The van der Waals surface area contributed by atoms with E-state index in [9.17, 15) is 4.79 Å². The summed E-state index contributed by atoms with van der Waals surface area (Å²) in [6.07, 6.45) is 0. The lowest BCUT2D eigenvalue weighted by Gasteiger charge is -2.04. The molecule has 0 aromatic heterocycles. The summed E-state index contributed by atoms with van der Waals surface area (Å²) in [5.74, 6) is 0.984. The average molecular weight is 211 g/mol. The first-order valence-electron chi connectivity index (χ1n) is 4.32. The van der Waals surface area contributed by atoms with Gasteiger partial charge in [-0.2, -0.15) is 11.8 Å². The fraction of sp³-hybridized carbons (Fsp3) is 0.300. The van der Waals surface area contributed by atoms with Gasteiger partial charge in [0.25, 0.3) is 0 Å². The minimum Gasteiger partial charge on any atom is -0.396 e. The van der Waals surface area contributed by atoms with Crippen molar-refractivity contribution in [1.82, 2.24) is 0 Å². The van der Waals surface area contributed by atoms with E-state index in [1.54, 1.807) is 23.9 Å². The van der Waals surface area contributed by atoms with Gasteiger partial charge >= 0.3 is 0 Å². The van der Waals surface area contributed by atoms with E-state index in [4.69, 9.17) is 10.8 Å². The Bertz CT molecular complexity index is 315. The highest BCUT2D eigenvalue weighted by atomic mass is 32.2. The Morgan fingerprint density at radius 3 is 2.79 bits per heavy atom. The minimum absolute atomic E-state index is 0.156. The van der Waals surface area contributed by atoms with Crippen LogP contribution in [0.25, 0.3) is 0 Å². The highest BCUT2D eigenvalue weighted by molar-refractivity contribution is 7.98. The SMILES string of the molecule is NC(=O)c1ccccc1CSCCO. The number of hydrogen-bond donors (Lipinski definition) is 2. The molecule has 0 bridgehead atoms. The fourth-order valence-corrected chi connectivity index (χ4v) is 1.88. The average Bonchev–Trinajstić information content (AvgIpc) is 2.19. The molecule has 0 saturated carbocycles. The summed E-state index contributed by atoms with van der Waals surface area (Å²) in [5, 5.41) is 8.61. The minimum atomic E-state index is -0.398. The molecule has 0 heterocycles. The number of benzene rings is 1. The molecule has 0 aliphatic heterocycles. The molecule has 1 rings (SSSR count). The van der Waals surface area contributed by atoms with Crippen molar-refractivity contribution in [1.29, 1.82) is 0 Å². The second kappa shape index (κ2) is 5.67. The molecule has 0 spiro atoms. The van der Waals surface area contributed by atoms with Crippen molar-refractivity contribution in [2.45, 2.75) is 5.75 Å². The maximum Gasteiger partial charge on any atom is 0.249 e. The number of carbonyl (C=O) groups excluding carboxylic acids is 1. The van der Waals surface area contributed by atoms with Gasteiger partial charge in [0, 0.05) is 17.1 Å². The van der Waals surface area contributed by atoms with Gasteiger partial charge in [-0.1, -0.05) is 18.2 Å². The zero-order valence-electron chi connectivity index (χ0n) is 7.77. The van der Waals surface area contributed by atoms with Gasteiger partial charge in [0.05, 0.1) is 6.61 Å². The van der Waals surface area contributed by atoms with Crippen molar-refractivity contribution in [2.75, 3.05) is 12.4 Å². The predicted octanol–water partition coefficient (Wildman–Crippen LogP) is 1.01. The van der Waals surface area contributed by atoms with E-state index in [1.165, 1.54) is 0 Å². The summed E-state index contributed by atoms with van der Waals surface area (Å²) in [5.41, 5.74) is 6.72. The molecule has 0 fully saturated rings. The zero-order chi connectivity index (χ0) is 10.4. The van der Waals surface area contributed by atoms with Crippen LogP contribution in [0.2, 0.25) is 0 Å².